The third-order valence-electron chi connectivity index (χ3n) is 3.57. The van der Waals surface area contributed by atoms with Crippen LogP contribution in [0.15, 0.2) is 42.5 Å². The molecule has 2 aromatic carbocycles. The van der Waals surface area contributed by atoms with Crippen LogP contribution in [0, 0.1) is 12.7 Å². The Bertz CT molecular complexity index is 546. The van der Waals surface area contributed by atoms with Gasteiger partial charge in [-0.15, -0.1) is 0 Å². The van der Waals surface area contributed by atoms with Gasteiger partial charge in [-0.2, -0.15) is 0 Å². The first-order valence-electron chi connectivity index (χ1n) is 6.69. The van der Waals surface area contributed by atoms with E-state index in [4.69, 9.17) is 5.73 Å². The summed E-state index contributed by atoms with van der Waals surface area (Å²) >= 11 is 0. The monoisotopic (exact) mass is 257 g/mol. The molecule has 19 heavy (non-hydrogen) atoms. The maximum Gasteiger partial charge on any atom is 0.123 e. The zero-order valence-corrected chi connectivity index (χ0v) is 11.5. The summed E-state index contributed by atoms with van der Waals surface area (Å²) in [4.78, 5) is 0. The largest absolute Gasteiger partial charge is 0.324 e. The van der Waals surface area contributed by atoms with E-state index in [1.54, 1.807) is 12.1 Å². The molecule has 0 aliphatic carbocycles. The summed E-state index contributed by atoms with van der Waals surface area (Å²) in [5.41, 5.74) is 10.7. The zero-order chi connectivity index (χ0) is 13.8. The molecule has 0 amide bonds. The summed E-state index contributed by atoms with van der Waals surface area (Å²) in [6.07, 6.45) is 1.69. The highest BCUT2D eigenvalue weighted by Crippen LogP contribution is 2.20. The fourth-order valence-electron chi connectivity index (χ4n) is 2.22. The molecule has 0 aliphatic heterocycles. The third-order valence-corrected chi connectivity index (χ3v) is 3.57. The topological polar surface area (TPSA) is 26.0 Å². The minimum absolute atomic E-state index is 0.0913. The smallest absolute Gasteiger partial charge is 0.123 e. The molecule has 2 rings (SSSR count). The van der Waals surface area contributed by atoms with Gasteiger partial charge in [0.1, 0.15) is 5.82 Å². The molecule has 0 aromatic heterocycles. The van der Waals surface area contributed by atoms with Crippen molar-refractivity contribution in [2.75, 3.05) is 0 Å². The average molecular weight is 257 g/mol. The Hall–Kier alpha value is -1.67. The van der Waals surface area contributed by atoms with Crippen LogP contribution in [0.2, 0.25) is 0 Å². The van der Waals surface area contributed by atoms with Crippen LogP contribution in [-0.4, -0.2) is 0 Å². The lowest BCUT2D eigenvalue weighted by molar-refractivity contribution is 0.621. The second-order valence-electron chi connectivity index (χ2n) is 4.98. The molecule has 0 bridgehead atoms. The molecule has 0 aliphatic rings. The fraction of sp³-hybridized carbons (Fsp3) is 0.294. The van der Waals surface area contributed by atoms with Crippen LogP contribution in [0.4, 0.5) is 4.39 Å². The van der Waals surface area contributed by atoms with E-state index in [9.17, 15) is 4.39 Å². The van der Waals surface area contributed by atoms with E-state index in [2.05, 4.69) is 31.2 Å². The molecule has 0 spiro atoms. The lowest BCUT2D eigenvalue weighted by atomic mass is 9.96. The maximum atomic E-state index is 13.3. The quantitative estimate of drug-likeness (QED) is 0.882. The molecule has 0 fully saturated rings. The predicted octanol–water partition coefficient (Wildman–Crippen LogP) is 3.94. The van der Waals surface area contributed by atoms with Gasteiger partial charge in [0.05, 0.1) is 0 Å². The Balaban J connectivity index is 2.15. The molecule has 1 nitrogen and oxygen atoms in total. The number of benzene rings is 2. The molecule has 100 valence electrons. The molecule has 0 heterocycles. The molecule has 1 atom stereocenters. The summed E-state index contributed by atoms with van der Waals surface area (Å²) in [6.45, 7) is 4.12. The van der Waals surface area contributed by atoms with Gasteiger partial charge in [-0.3, -0.25) is 0 Å². The van der Waals surface area contributed by atoms with Gasteiger partial charge < -0.3 is 5.73 Å². The number of nitrogens with two attached hydrogens (primary N) is 1. The first-order chi connectivity index (χ1) is 9.10. The van der Waals surface area contributed by atoms with Crippen molar-refractivity contribution >= 4 is 0 Å². The highest BCUT2D eigenvalue weighted by molar-refractivity contribution is 5.31. The van der Waals surface area contributed by atoms with Crippen LogP contribution < -0.4 is 5.73 Å². The lowest BCUT2D eigenvalue weighted by Gasteiger charge is -2.14. The van der Waals surface area contributed by atoms with Gasteiger partial charge in [0.15, 0.2) is 0 Å². The van der Waals surface area contributed by atoms with E-state index in [1.807, 2.05) is 6.92 Å². The Morgan fingerprint density at radius 2 is 1.79 bits per heavy atom. The van der Waals surface area contributed by atoms with Crippen molar-refractivity contribution in [3.05, 3.63) is 70.5 Å². The van der Waals surface area contributed by atoms with Gasteiger partial charge in [-0.25, -0.2) is 4.39 Å². The van der Waals surface area contributed by atoms with E-state index in [0.717, 1.165) is 23.1 Å². The van der Waals surface area contributed by atoms with Crippen molar-refractivity contribution in [2.45, 2.75) is 32.7 Å². The van der Waals surface area contributed by atoms with Gasteiger partial charge in [0, 0.05) is 6.04 Å². The van der Waals surface area contributed by atoms with E-state index in [1.165, 1.54) is 11.6 Å². The van der Waals surface area contributed by atoms with E-state index < -0.39 is 0 Å². The number of rotatable bonds is 4. The minimum Gasteiger partial charge on any atom is -0.324 e. The number of aryl methyl sites for hydroxylation is 2. The molecular weight excluding hydrogens is 237 g/mol. The van der Waals surface area contributed by atoms with E-state index in [-0.39, 0.29) is 11.9 Å². The standard InChI is InChI=1S/C17H20FN/c1-3-13-5-7-14(8-6-13)17(19)11-15-10-16(18)9-4-12(15)2/h4-10,17H,3,11,19H2,1-2H3. The Labute approximate surface area is 114 Å². The molecule has 2 aromatic rings. The average Bonchev–Trinajstić information content (AvgIpc) is 2.43. The predicted molar refractivity (Wildman–Crippen MR) is 77.6 cm³/mol. The van der Waals surface area contributed by atoms with Gasteiger partial charge in [-0.1, -0.05) is 37.3 Å². The van der Waals surface area contributed by atoms with Crippen LogP contribution in [0.3, 0.4) is 0 Å². The van der Waals surface area contributed by atoms with Crippen molar-refractivity contribution in [1.29, 1.82) is 0 Å². The molecule has 1 unspecified atom stereocenters. The van der Waals surface area contributed by atoms with Crippen molar-refractivity contribution < 1.29 is 4.39 Å². The fourth-order valence-corrected chi connectivity index (χ4v) is 2.22. The molecule has 2 heteroatoms. The van der Waals surface area contributed by atoms with Gasteiger partial charge in [0.2, 0.25) is 0 Å². The number of hydrogen-bond donors (Lipinski definition) is 1. The highest BCUT2D eigenvalue weighted by Gasteiger charge is 2.09. The molecule has 0 radical (unpaired) electrons. The summed E-state index contributed by atoms with van der Waals surface area (Å²) in [5, 5.41) is 0. The van der Waals surface area contributed by atoms with Crippen LogP contribution >= 0.6 is 0 Å². The Kier molecular flexibility index (Phi) is 4.33. The lowest BCUT2D eigenvalue weighted by Crippen LogP contribution is -2.14. The summed E-state index contributed by atoms with van der Waals surface area (Å²) in [5.74, 6) is -0.200. The normalized spacial score (nSPS) is 12.4. The highest BCUT2D eigenvalue weighted by atomic mass is 19.1. The second-order valence-corrected chi connectivity index (χ2v) is 4.98. The van der Waals surface area contributed by atoms with Crippen molar-refractivity contribution in [3.63, 3.8) is 0 Å². The second kappa shape index (κ2) is 5.98. The summed E-state index contributed by atoms with van der Waals surface area (Å²) < 4.78 is 13.3. The third kappa shape index (κ3) is 3.42. The molecule has 0 saturated carbocycles. The van der Waals surface area contributed by atoms with Crippen molar-refractivity contribution in [3.8, 4) is 0 Å². The SMILES string of the molecule is CCc1ccc(C(N)Cc2cc(F)ccc2C)cc1. The Morgan fingerprint density at radius 1 is 1.11 bits per heavy atom. The van der Waals surface area contributed by atoms with Crippen molar-refractivity contribution in [1.82, 2.24) is 0 Å². The first kappa shape index (κ1) is 13.8. The van der Waals surface area contributed by atoms with Gasteiger partial charge in [-0.05, 0) is 54.2 Å². The molecule has 2 N–H and O–H groups in total. The first-order valence-corrected chi connectivity index (χ1v) is 6.69. The van der Waals surface area contributed by atoms with Crippen LogP contribution in [0.25, 0.3) is 0 Å². The van der Waals surface area contributed by atoms with Crippen LogP contribution in [-0.2, 0) is 12.8 Å². The summed E-state index contributed by atoms with van der Waals surface area (Å²) in [7, 11) is 0. The maximum absolute atomic E-state index is 13.3. The van der Waals surface area contributed by atoms with Gasteiger partial charge >= 0.3 is 0 Å². The van der Waals surface area contributed by atoms with Gasteiger partial charge in [0.25, 0.3) is 0 Å². The van der Waals surface area contributed by atoms with Crippen LogP contribution in [0.1, 0.15) is 35.2 Å². The molecular formula is C17H20FN. The minimum atomic E-state index is -0.200. The number of hydrogen-bond acceptors (Lipinski definition) is 1. The summed E-state index contributed by atoms with van der Waals surface area (Å²) in [6, 6.07) is 13.1. The number of halogens is 1. The molecule has 0 saturated heterocycles. The van der Waals surface area contributed by atoms with Crippen LogP contribution in [0.5, 0.6) is 0 Å². The Morgan fingerprint density at radius 3 is 2.42 bits per heavy atom. The van der Waals surface area contributed by atoms with Crippen molar-refractivity contribution in [2.24, 2.45) is 5.73 Å². The van der Waals surface area contributed by atoms with E-state index >= 15 is 0 Å². The zero-order valence-electron chi connectivity index (χ0n) is 11.5. The van der Waals surface area contributed by atoms with E-state index in [0.29, 0.717) is 6.42 Å².